The number of nitrogens with zero attached hydrogens (tertiary/aromatic N) is 2. The molecule has 1 aliphatic heterocycles. The van der Waals surface area contributed by atoms with Gasteiger partial charge < -0.3 is 10.4 Å². The topological polar surface area (TPSA) is 59.3 Å². The van der Waals surface area contributed by atoms with Gasteiger partial charge in [-0.3, -0.25) is 0 Å². The summed E-state index contributed by atoms with van der Waals surface area (Å²) in [6, 6.07) is 19.1. The number of hydrogen-bond donors (Lipinski definition) is 2. The van der Waals surface area contributed by atoms with Crippen molar-refractivity contribution in [3.8, 4) is 17.2 Å². The minimum Gasteiger partial charge on any atom is -0.397 e. The molecule has 1 fully saturated rings. The third kappa shape index (κ3) is 6.47. The van der Waals surface area contributed by atoms with Crippen molar-refractivity contribution >= 4 is 11.9 Å². The van der Waals surface area contributed by atoms with E-state index >= 15 is 0 Å². The molecule has 3 rings (SSSR count). The van der Waals surface area contributed by atoms with Crippen LogP contribution in [0.5, 0.6) is 0 Å². The number of nitriles is 1. The lowest BCUT2D eigenvalue weighted by atomic mass is 10.0. The van der Waals surface area contributed by atoms with Gasteiger partial charge in [-0.05, 0) is 67.7 Å². The molecule has 5 heteroatoms. The Bertz CT molecular complexity index is 680. The molecule has 2 N–H and O–H groups in total. The van der Waals surface area contributed by atoms with Crippen LogP contribution in [0, 0.1) is 11.3 Å². The number of aliphatic hydroxyl groups excluding tert-OH is 1. The van der Waals surface area contributed by atoms with Crippen LogP contribution >= 0.6 is 11.9 Å². The molecule has 1 saturated heterocycles. The fourth-order valence-corrected chi connectivity index (χ4v) is 3.65. The lowest BCUT2D eigenvalue weighted by Crippen LogP contribution is -2.27. The maximum atomic E-state index is 8.85. The van der Waals surface area contributed by atoms with E-state index in [1.54, 1.807) is 6.92 Å². The second kappa shape index (κ2) is 11.7. The second-order valence-corrected chi connectivity index (χ2v) is 6.95. The average Bonchev–Trinajstić information content (AvgIpc) is 3.11. The Hall–Kier alpha value is -1.84. The fourth-order valence-electron chi connectivity index (χ4n) is 2.64. The Morgan fingerprint density at radius 1 is 1.15 bits per heavy atom. The Morgan fingerprint density at radius 2 is 1.69 bits per heavy atom. The van der Waals surface area contributed by atoms with Gasteiger partial charge in [-0.25, -0.2) is 4.31 Å². The quantitative estimate of drug-likeness (QED) is 0.790. The number of likely N-dealkylation sites (N-methyl/N-ethyl adjacent to an activating group) is 1. The predicted octanol–water partition coefficient (Wildman–Crippen LogP) is 4.16. The first-order valence-corrected chi connectivity index (χ1v) is 9.29. The molecule has 0 aliphatic carbocycles. The van der Waals surface area contributed by atoms with Gasteiger partial charge >= 0.3 is 0 Å². The van der Waals surface area contributed by atoms with Gasteiger partial charge in [0.1, 0.15) is 0 Å². The molecule has 1 aliphatic rings. The molecule has 1 unspecified atom stereocenters. The summed E-state index contributed by atoms with van der Waals surface area (Å²) in [7, 11) is 2.03. The van der Waals surface area contributed by atoms with Gasteiger partial charge in [0.25, 0.3) is 0 Å². The summed E-state index contributed by atoms with van der Waals surface area (Å²) in [5.74, 6) is 0. The third-order valence-electron chi connectivity index (χ3n) is 4.00. The first-order valence-electron chi connectivity index (χ1n) is 8.51. The zero-order chi connectivity index (χ0) is 18.1. The van der Waals surface area contributed by atoms with E-state index in [1.807, 2.05) is 43.3 Å². The molecule has 0 saturated carbocycles. The Morgan fingerprint density at radius 3 is 2.15 bits per heavy atom. The standard InChI is InChI=1S/C18H19N3S.C2H6O.CH4/c1-20-17-10-11-21(13-17)22-18-8-6-16(7-9-18)15-4-2-14(12-19)3-5-15;1-2-3;/h2-9,17,20H,10-11,13H2,1H3;3H,2H2,1H3;1H4. The fraction of sp³-hybridized carbons (Fsp3) is 0.381. The van der Waals surface area contributed by atoms with E-state index in [4.69, 9.17) is 10.4 Å². The molecule has 1 atom stereocenters. The molecule has 140 valence electrons. The SMILES string of the molecule is C.CCO.CNC1CCN(Sc2ccc(-c3ccc(C#N)cc3)cc2)C1. The van der Waals surface area contributed by atoms with Crippen LogP contribution in [0.3, 0.4) is 0 Å². The Kier molecular flexibility index (Phi) is 10.0. The third-order valence-corrected chi connectivity index (χ3v) is 5.07. The van der Waals surface area contributed by atoms with Crippen molar-refractivity contribution in [2.24, 2.45) is 0 Å². The van der Waals surface area contributed by atoms with E-state index in [2.05, 4.69) is 40.0 Å². The number of aliphatic hydroxyl groups is 1. The van der Waals surface area contributed by atoms with Crippen molar-refractivity contribution in [2.45, 2.75) is 31.7 Å². The van der Waals surface area contributed by atoms with Crippen LogP contribution in [0.25, 0.3) is 11.1 Å². The van der Waals surface area contributed by atoms with E-state index < -0.39 is 0 Å². The summed E-state index contributed by atoms with van der Waals surface area (Å²) < 4.78 is 2.41. The highest BCUT2D eigenvalue weighted by Gasteiger charge is 2.21. The summed E-state index contributed by atoms with van der Waals surface area (Å²) >= 11 is 1.83. The number of benzene rings is 2. The summed E-state index contributed by atoms with van der Waals surface area (Å²) in [6.45, 7) is 4.16. The number of hydrogen-bond acceptors (Lipinski definition) is 5. The molecule has 4 nitrogen and oxygen atoms in total. The monoisotopic (exact) mass is 371 g/mol. The molecule has 2 aromatic rings. The van der Waals surface area contributed by atoms with E-state index in [1.165, 1.54) is 16.9 Å². The smallest absolute Gasteiger partial charge is 0.0991 e. The molecular formula is C21H29N3OS. The Balaban J connectivity index is 0.000000791. The molecule has 2 aromatic carbocycles. The van der Waals surface area contributed by atoms with Crippen molar-refractivity contribution in [1.82, 2.24) is 9.62 Å². The highest BCUT2D eigenvalue weighted by molar-refractivity contribution is 7.97. The van der Waals surface area contributed by atoms with Crippen LogP contribution in [0.2, 0.25) is 0 Å². The summed E-state index contributed by atoms with van der Waals surface area (Å²) in [4.78, 5) is 1.27. The second-order valence-electron chi connectivity index (χ2n) is 5.78. The normalized spacial score (nSPS) is 16.2. The zero-order valence-corrected chi connectivity index (χ0v) is 15.6. The van der Waals surface area contributed by atoms with E-state index in [9.17, 15) is 0 Å². The molecular weight excluding hydrogens is 342 g/mol. The van der Waals surface area contributed by atoms with Gasteiger partial charge in [0.15, 0.2) is 0 Å². The largest absolute Gasteiger partial charge is 0.397 e. The summed E-state index contributed by atoms with van der Waals surface area (Å²) in [6.07, 6.45) is 1.22. The molecule has 0 aromatic heterocycles. The number of nitrogens with one attached hydrogen (secondary N) is 1. The van der Waals surface area contributed by atoms with Crippen LogP contribution in [0.1, 0.15) is 26.3 Å². The lowest BCUT2D eigenvalue weighted by Gasteiger charge is -2.14. The van der Waals surface area contributed by atoms with Gasteiger partial charge in [-0.2, -0.15) is 5.26 Å². The van der Waals surface area contributed by atoms with E-state index in [-0.39, 0.29) is 14.0 Å². The van der Waals surface area contributed by atoms with E-state index in [0.29, 0.717) is 11.6 Å². The van der Waals surface area contributed by atoms with Gasteiger partial charge in [0.2, 0.25) is 0 Å². The van der Waals surface area contributed by atoms with Gasteiger partial charge in [0, 0.05) is 30.6 Å². The summed E-state index contributed by atoms with van der Waals surface area (Å²) in [5, 5.41) is 19.8. The minimum atomic E-state index is 0. The van der Waals surface area contributed by atoms with Crippen LogP contribution in [-0.4, -0.2) is 42.2 Å². The highest BCUT2D eigenvalue weighted by Crippen LogP contribution is 2.29. The molecule has 0 bridgehead atoms. The highest BCUT2D eigenvalue weighted by atomic mass is 32.2. The summed E-state index contributed by atoms with van der Waals surface area (Å²) in [5.41, 5.74) is 3.03. The van der Waals surface area contributed by atoms with Crippen molar-refractivity contribution in [1.29, 1.82) is 5.26 Å². The predicted molar refractivity (Wildman–Crippen MR) is 111 cm³/mol. The first kappa shape index (κ1) is 22.2. The van der Waals surface area contributed by atoms with Crippen LogP contribution in [0.15, 0.2) is 53.4 Å². The average molecular weight is 372 g/mol. The van der Waals surface area contributed by atoms with Crippen molar-refractivity contribution in [3.63, 3.8) is 0 Å². The van der Waals surface area contributed by atoms with Crippen LogP contribution < -0.4 is 5.32 Å². The van der Waals surface area contributed by atoms with Crippen molar-refractivity contribution in [3.05, 3.63) is 54.1 Å². The molecule has 26 heavy (non-hydrogen) atoms. The Labute approximate surface area is 162 Å². The maximum Gasteiger partial charge on any atom is 0.0991 e. The van der Waals surface area contributed by atoms with Crippen LogP contribution in [0.4, 0.5) is 0 Å². The number of rotatable bonds is 4. The van der Waals surface area contributed by atoms with Crippen molar-refractivity contribution in [2.75, 3.05) is 26.7 Å². The van der Waals surface area contributed by atoms with Crippen molar-refractivity contribution < 1.29 is 5.11 Å². The zero-order valence-electron chi connectivity index (χ0n) is 14.8. The van der Waals surface area contributed by atoms with Gasteiger partial charge in [-0.1, -0.05) is 31.7 Å². The molecule has 0 spiro atoms. The first-order chi connectivity index (χ1) is 12.2. The van der Waals surface area contributed by atoms with Gasteiger partial charge in [0.05, 0.1) is 11.6 Å². The van der Waals surface area contributed by atoms with Gasteiger partial charge in [-0.15, -0.1) is 0 Å². The minimum absolute atomic E-state index is 0. The van der Waals surface area contributed by atoms with E-state index in [0.717, 1.165) is 18.7 Å². The van der Waals surface area contributed by atoms with Crippen LogP contribution in [-0.2, 0) is 0 Å². The molecule has 0 amide bonds. The molecule has 1 heterocycles. The lowest BCUT2D eigenvalue weighted by molar-refractivity contribution is 0.318. The molecule has 0 radical (unpaired) electrons. The maximum absolute atomic E-state index is 8.85.